The quantitative estimate of drug-likeness (QED) is 0.222. The monoisotopic (exact) mass is 521 g/mol. The Kier molecular flexibility index (Phi) is 6.42. The van der Waals surface area contributed by atoms with E-state index in [0.717, 1.165) is 17.8 Å². The number of fused-ring (bicyclic) bond motifs is 6. The van der Waals surface area contributed by atoms with Crippen LogP contribution in [0.5, 0.6) is 0 Å². The highest BCUT2D eigenvalue weighted by molar-refractivity contribution is 6.25. The Hall–Kier alpha value is -4.10. The molecule has 0 aromatic heterocycles. The van der Waals surface area contributed by atoms with Crippen LogP contribution in [0.15, 0.2) is 109 Å². The second kappa shape index (κ2) is 9.82. The molecule has 6 rings (SSSR count). The molecular formula is C39H39N. The highest BCUT2D eigenvalue weighted by Gasteiger charge is 2.19. The first-order valence-electron chi connectivity index (χ1n) is 14.5. The van der Waals surface area contributed by atoms with E-state index in [1.807, 2.05) is 0 Å². The number of benzene rings is 6. The molecule has 0 aliphatic rings. The summed E-state index contributed by atoms with van der Waals surface area (Å²) in [6, 6.07) is 40.5. The Morgan fingerprint density at radius 2 is 1.05 bits per heavy atom. The van der Waals surface area contributed by atoms with Crippen molar-refractivity contribution in [3.05, 3.63) is 120 Å². The SMILES string of the molecule is CCC(C)(C)c1ccc(Nc2ccc(C(C)(C)C)cc2-c2ccc3c4ccccc4c4ccccc4c3c2)cc1. The van der Waals surface area contributed by atoms with Crippen molar-refractivity contribution in [3.63, 3.8) is 0 Å². The Labute approximate surface area is 238 Å². The Balaban J connectivity index is 1.52. The fraction of sp³-hybridized carbons (Fsp3) is 0.231. The smallest absolute Gasteiger partial charge is 0.0464 e. The molecule has 200 valence electrons. The average molecular weight is 522 g/mol. The molecule has 1 N–H and O–H groups in total. The van der Waals surface area contributed by atoms with Gasteiger partial charge in [0.15, 0.2) is 0 Å². The molecule has 0 heterocycles. The van der Waals surface area contributed by atoms with Crippen molar-refractivity contribution >= 4 is 43.7 Å². The molecule has 0 amide bonds. The summed E-state index contributed by atoms with van der Waals surface area (Å²) in [5, 5.41) is 11.6. The maximum Gasteiger partial charge on any atom is 0.0464 e. The van der Waals surface area contributed by atoms with Gasteiger partial charge in [0.05, 0.1) is 0 Å². The summed E-state index contributed by atoms with van der Waals surface area (Å²) in [6.07, 6.45) is 1.12. The van der Waals surface area contributed by atoms with Gasteiger partial charge in [-0.3, -0.25) is 0 Å². The summed E-state index contributed by atoms with van der Waals surface area (Å²) >= 11 is 0. The van der Waals surface area contributed by atoms with E-state index in [4.69, 9.17) is 0 Å². The summed E-state index contributed by atoms with van der Waals surface area (Å²) in [4.78, 5) is 0. The summed E-state index contributed by atoms with van der Waals surface area (Å²) in [5.74, 6) is 0. The van der Waals surface area contributed by atoms with Gasteiger partial charge < -0.3 is 5.32 Å². The van der Waals surface area contributed by atoms with E-state index < -0.39 is 0 Å². The van der Waals surface area contributed by atoms with Crippen LogP contribution in [-0.4, -0.2) is 0 Å². The Morgan fingerprint density at radius 1 is 0.525 bits per heavy atom. The second-order valence-electron chi connectivity index (χ2n) is 12.8. The molecule has 0 unspecified atom stereocenters. The van der Waals surface area contributed by atoms with E-state index in [-0.39, 0.29) is 10.8 Å². The average Bonchev–Trinajstić information content (AvgIpc) is 2.97. The predicted octanol–water partition coefficient (Wildman–Crippen LogP) is 11.5. The van der Waals surface area contributed by atoms with Gasteiger partial charge in [0, 0.05) is 16.9 Å². The lowest BCUT2D eigenvalue weighted by atomic mass is 9.82. The molecule has 0 bridgehead atoms. The molecule has 6 aromatic carbocycles. The van der Waals surface area contributed by atoms with Crippen molar-refractivity contribution in [2.75, 3.05) is 5.32 Å². The first-order chi connectivity index (χ1) is 19.2. The van der Waals surface area contributed by atoms with Crippen LogP contribution in [-0.2, 0) is 10.8 Å². The number of anilines is 2. The van der Waals surface area contributed by atoms with Crippen molar-refractivity contribution in [3.8, 4) is 11.1 Å². The minimum atomic E-state index is 0.0560. The molecule has 40 heavy (non-hydrogen) atoms. The number of hydrogen-bond acceptors (Lipinski definition) is 1. The first kappa shape index (κ1) is 26.1. The molecule has 0 atom stereocenters. The van der Waals surface area contributed by atoms with E-state index in [9.17, 15) is 0 Å². The highest BCUT2D eigenvalue weighted by atomic mass is 14.9. The maximum absolute atomic E-state index is 3.76. The molecule has 0 saturated heterocycles. The van der Waals surface area contributed by atoms with Gasteiger partial charge in [-0.2, -0.15) is 0 Å². The van der Waals surface area contributed by atoms with Crippen LogP contribution < -0.4 is 5.32 Å². The first-order valence-corrected chi connectivity index (χ1v) is 14.5. The van der Waals surface area contributed by atoms with Gasteiger partial charge in [-0.1, -0.05) is 120 Å². The Bertz CT molecular complexity index is 1810. The fourth-order valence-corrected chi connectivity index (χ4v) is 5.80. The molecule has 0 aliphatic carbocycles. The van der Waals surface area contributed by atoms with Gasteiger partial charge in [0.1, 0.15) is 0 Å². The van der Waals surface area contributed by atoms with Crippen molar-refractivity contribution in [1.29, 1.82) is 0 Å². The van der Waals surface area contributed by atoms with Crippen LogP contribution in [0.3, 0.4) is 0 Å². The van der Waals surface area contributed by atoms with Gasteiger partial charge >= 0.3 is 0 Å². The second-order valence-corrected chi connectivity index (χ2v) is 12.8. The minimum absolute atomic E-state index is 0.0560. The number of nitrogens with one attached hydrogen (secondary N) is 1. The van der Waals surface area contributed by atoms with E-state index in [1.54, 1.807) is 0 Å². The van der Waals surface area contributed by atoms with Crippen LogP contribution >= 0.6 is 0 Å². The van der Waals surface area contributed by atoms with Crippen LogP contribution in [0.1, 0.15) is 59.1 Å². The lowest BCUT2D eigenvalue weighted by molar-refractivity contribution is 0.506. The standard InChI is InChI=1S/C39H39N/c1-7-39(5,6)27-17-20-29(21-18-27)40-37-23-19-28(38(2,3)4)25-35(37)26-16-22-34-32-14-9-8-12-30(32)31-13-10-11-15-33(31)36(34)24-26/h8-25,40H,7H2,1-6H3. The van der Waals surface area contributed by atoms with Gasteiger partial charge in [-0.25, -0.2) is 0 Å². The van der Waals surface area contributed by atoms with E-state index in [2.05, 4.69) is 156 Å². The summed E-state index contributed by atoms with van der Waals surface area (Å²) in [7, 11) is 0. The Morgan fingerprint density at radius 3 is 1.60 bits per heavy atom. The van der Waals surface area contributed by atoms with Crippen LogP contribution in [0.4, 0.5) is 11.4 Å². The molecule has 0 spiro atoms. The van der Waals surface area contributed by atoms with Crippen LogP contribution in [0.25, 0.3) is 43.4 Å². The molecule has 0 saturated carbocycles. The molecule has 0 aliphatic heterocycles. The highest BCUT2D eigenvalue weighted by Crippen LogP contribution is 2.40. The van der Waals surface area contributed by atoms with E-state index in [0.29, 0.717) is 0 Å². The lowest BCUT2D eigenvalue weighted by Crippen LogP contribution is -2.15. The summed E-state index contributed by atoms with van der Waals surface area (Å²) in [5.41, 5.74) is 7.62. The van der Waals surface area contributed by atoms with Gasteiger partial charge in [-0.05, 0) is 96.6 Å². The predicted molar refractivity (Wildman–Crippen MR) is 176 cm³/mol. The van der Waals surface area contributed by atoms with E-state index >= 15 is 0 Å². The largest absolute Gasteiger partial charge is 0.355 e. The fourth-order valence-electron chi connectivity index (χ4n) is 5.80. The summed E-state index contributed by atoms with van der Waals surface area (Å²) < 4.78 is 0. The van der Waals surface area contributed by atoms with E-state index in [1.165, 1.54) is 54.6 Å². The summed E-state index contributed by atoms with van der Waals surface area (Å²) in [6.45, 7) is 13.7. The molecule has 1 nitrogen and oxygen atoms in total. The van der Waals surface area contributed by atoms with Crippen molar-refractivity contribution < 1.29 is 0 Å². The molecule has 1 heteroatoms. The zero-order chi connectivity index (χ0) is 28.1. The van der Waals surface area contributed by atoms with Crippen molar-refractivity contribution in [1.82, 2.24) is 0 Å². The lowest BCUT2D eigenvalue weighted by Gasteiger charge is -2.24. The van der Waals surface area contributed by atoms with Crippen LogP contribution in [0, 0.1) is 0 Å². The van der Waals surface area contributed by atoms with Gasteiger partial charge in [-0.15, -0.1) is 0 Å². The minimum Gasteiger partial charge on any atom is -0.355 e. The maximum atomic E-state index is 3.76. The number of hydrogen-bond donors (Lipinski definition) is 1. The van der Waals surface area contributed by atoms with Gasteiger partial charge in [0.2, 0.25) is 0 Å². The normalized spacial score (nSPS) is 12.3. The van der Waals surface area contributed by atoms with Gasteiger partial charge in [0.25, 0.3) is 0 Å². The third-order valence-electron chi connectivity index (χ3n) is 8.77. The molecule has 6 aromatic rings. The van der Waals surface area contributed by atoms with Crippen LogP contribution in [0.2, 0.25) is 0 Å². The molecular weight excluding hydrogens is 482 g/mol. The molecule has 0 radical (unpaired) electrons. The topological polar surface area (TPSA) is 12.0 Å². The third-order valence-corrected chi connectivity index (χ3v) is 8.77. The zero-order valence-corrected chi connectivity index (χ0v) is 24.6. The van der Waals surface area contributed by atoms with Crippen molar-refractivity contribution in [2.45, 2.75) is 58.8 Å². The third kappa shape index (κ3) is 4.64. The zero-order valence-electron chi connectivity index (χ0n) is 24.6. The molecule has 0 fully saturated rings. The number of rotatable bonds is 5. The van der Waals surface area contributed by atoms with Crippen molar-refractivity contribution in [2.24, 2.45) is 0 Å².